The van der Waals surface area contributed by atoms with Crippen LogP contribution in [0.5, 0.6) is 0 Å². The molecule has 0 aromatic heterocycles. The number of halogens is 1. The normalized spacial score (nSPS) is 12.4. The molecule has 2 heteroatoms. The first-order valence-corrected chi connectivity index (χ1v) is 6.45. The predicted molar refractivity (Wildman–Crippen MR) is 75.0 cm³/mol. The van der Waals surface area contributed by atoms with Crippen molar-refractivity contribution < 1.29 is 0 Å². The Hall–Kier alpha value is -0.350. The number of hydrogen-bond donors (Lipinski definition) is 1. The van der Waals surface area contributed by atoms with E-state index in [0.29, 0.717) is 6.04 Å². The summed E-state index contributed by atoms with van der Waals surface area (Å²) in [6, 6.07) is 9.15. The highest BCUT2D eigenvalue weighted by molar-refractivity contribution is 14.1. The van der Waals surface area contributed by atoms with Gasteiger partial charge < -0.3 is 5.32 Å². The molecule has 0 bridgehead atoms. The van der Waals surface area contributed by atoms with Crippen molar-refractivity contribution in [3.05, 3.63) is 46.1 Å². The maximum Gasteiger partial charge on any atom is 0.0323 e. The van der Waals surface area contributed by atoms with E-state index in [-0.39, 0.29) is 0 Å². The lowest BCUT2D eigenvalue weighted by Gasteiger charge is -2.17. The highest BCUT2D eigenvalue weighted by Gasteiger charge is 2.08. The molecule has 0 saturated carbocycles. The number of benzene rings is 1. The van der Waals surface area contributed by atoms with Crippen molar-refractivity contribution in [2.24, 2.45) is 0 Å². The Morgan fingerprint density at radius 1 is 1.53 bits per heavy atom. The van der Waals surface area contributed by atoms with E-state index in [4.69, 9.17) is 0 Å². The van der Waals surface area contributed by atoms with Gasteiger partial charge in [0.2, 0.25) is 0 Å². The molecule has 0 spiro atoms. The van der Waals surface area contributed by atoms with E-state index in [1.807, 2.05) is 6.08 Å². The van der Waals surface area contributed by atoms with Gasteiger partial charge in [-0.15, -0.1) is 6.58 Å². The van der Waals surface area contributed by atoms with Gasteiger partial charge in [0.05, 0.1) is 0 Å². The van der Waals surface area contributed by atoms with Crippen LogP contribution in [0.3, 0.4) is 0 Å². The number of nitrogens with one attached hydrogen (secondary N) is 1. The third-order valence-electron chi connectivity index (χ3n) is 2.36. The molecule has 1 aromatic carbocycles. The Bertz CT molecular complexity index is 309. The molecular weight excluding hydrogens is 297 g/mol. The van der Waals surface area contributed by atoms with Crippen LogP contribution in [-0.4, -0.2) is 6.54 Å². The maximum absolute atomic E-state index is 3.77. The lowest BCUT2D eigenvalue weighted by molar-refractivity contribution is 0.519. The van der Waals surface area contributed by atoms with Crippen molar-refractivity contribution >= 4 is 22.6 Å². The van der Waals surface area contributed by atoms with Gasteiger partial charge >= 0.3 is 0 Å². The van der Waals surface area contributed by atoms with Crippen LogP contribution in [0.15, 0.2) is 36.9 Å². The minimum atomic E-state index is 0.461. The zero-order chi connectivity index (χ0) is 11.1. The third kappa shape index (κ3) is 4.34. The second-order valence-electron chi connectivity index (χ2n) is 3.53. The topological polar surface area (TPSA) is 12.0 Å². The molecule has 0 aliphatic heterocycles. The van der Waals surface area contributed by atoms with E-state index in [9.17, 15) is 0 Å². The molecular formula is C13H18IN. The first-order chi connectivity index (χ1) is 7.27. The van der Waals surface area contributed by atoms with Gasteiger partial charge in [0.15, 0.2) is 0 Å². The van der Waals surface area contributed by atoms with Gasteiger partial charge in [0.1, 0.15) is 0 Å². The number of allylic oxidation sites excluding steroid dienone is 1. The van der Waals surface area contributed by atoms with E-state index in [0.717, 1.165) is 19.4 Å². The standard InChI is InChI=1S/C13H18IN/c1-3-5-9-13(15-4-2)11-7-6-8-12(14)10-11/h3,6-8,10,13,15H,1,4-5,9H2,2H3. The Morgan fingerprint density at radius 3 is 2.93 bits per heavy atom. The van der Waals surface area contributed by atoms with Crippen LogP contribution in [0.2, 0.25) is 0 Å². The maximum atomic E-state index is 3.77. The van der Waals surface area contributed by atoms with Gasteiger partial charge in [-0.25, -0.2) is 0 Å². The fourth-order valence-electron chi connectivity index (χ4n) is 1.64. The van der Waals surface area contributed by atoms with E-state index >= 15 is 0 Å². The summed E-state index contributed by atoms with van der Waals surface area (Å²) in [4.78, 5) is 0. The fraction of sp³-hybridized carbons (Fsp3) is 0.385. The van der Waals surface area contributed by atoms with Crippen molar-refractivity contribution in [3.8, 4) is 0 Å². The Morgan fingerprint density at radius 2 is 2.33 bits per heavy atom. The SMILES string of the molecule is C=CCCC(NCC)c1cccc(I)c1. The first kappa shape index (κ1) is 12.7. The summed E-state index contributed by atoms with van der Waals surface area (Å²) in [6.45, 7) is 6.93. The molecule has 1 unspecified atom stereocenters. The molecule has 0 radical (unpaired) electrons. The van der Waals surface area contributed by atoms with Gasteiger partial charge in [0, 0.05) is 9.61 Å². The number of hydrogen-bond acceptors (Lipinski definition) is 1. The van der Waals surface area contributed by atoms with E-state index < -0.39 is 0 Å². The van der Waals surface area contributed by atoms with E-state index in [1.54, 1.807) is 0 Å². The molecule has 0 aliphatic carbocycles. The molecule has 0 amide bonds. The predicted octanol–water partition coefficient (Wildman–Crippen LogP) is 3.91. The van der Waals surface area contributed by atoms with Gasteiger partial charge in [-0.2, -0.15) is 0 Å². The molecule has 82 valence electrons. The smallest absolute Gasteiger partial charge is 0.0323 e. The average Bonchev–Trinajstić information content (AvgIpc) is 2.24. The van der Waals surface area contributed by atoms with Crippen LogP contribution in [0.1, 0.15) is 31.4 Å². The second-order valence-corrected chi connectivity index (χ2v) is 4.78. The molecule has 1 rings (SSSR count). The molecule has 1 atom stereocenters. The van der Waals surface area contributed by atoms with Crippen LogP contribution in [-0.2, 0) is 0 Å². The van der Waals surface area contributed by atoms with Crippen LogP contribution >= 0.6 is 22.6 Å². The number of rotatable bonds is 6. The summed E-state index contributed by atoms with van der Waals surface area (Å²) >= 11 is 2.36. The largest absolute Gasteiger partial charge is 0.310 e. The molecule has 0 heterocycles. The van der Waals surface area contributed by atoms with Crippen LogP contribution in [0, 0.1) is 3.57 Å². The van der Waals surface area contributed by atoms with Crippen LogP contribution in [0.25, 0.3) is 0 Å². The van der Waals surface area contributed by atoms with Gasteiger partial charge in [-0.3, -0.25) is 0 Å². The summed E-state index contributed by atoms with van der Waals surface area (Å²) in [7, 11) is 0. The molecule has 1 aromatic rings. The van der Waals surface area contributed by atoms with Crippen molar-refractivity contribution in [2.45, 2.75) is 25.8 Å². The fourth-order valence-corrected chi connectivity index (χ4v) is 2.21. The second kappa shape index (κ2) is 7.01. The van der Waals surface area contributed by atoms with Crippen LogP contribution < -0.4 is 5.32 Å². The minimum Gasteiger partial charge on any atom is -0.310 e. The Kier molecular flexibility index (Phi) is 5.95. The highest BCUT2D eigenvalue weighted by Crippen LogP contribution is 2.20. The molecule has 1 nitrogen and oxygen atoms in total. The van der Waals surface area contributed by atoms with E-state index in [2.05, 4.69) is 65.7 Å². The average molecular weight is 315 g/mol. The third-order valence-corrected chi connectivity index (χ3v) is 3.03. The summed E-state index contributed by atoms with van der Waals surface area (Å²) in [5, 5.41) is 3.51. The lowest BCUT2D eigenvalue weighted by atomic mass is 10.0. The first-order valence-electron chi connectivity index (χ1n) is 5.37. The summed E-state index contributed by atoms with van der Waals surface area (Å²) < 4.78 is 1.30. The summed E-state index contributed by atoms with van der Waals surface area (Å²) in [5.74, 6) is 0. The lowest BCUT2D eigenvalue weighted by Crippen LogP contribution is -2.20. The molecule has 15 heavy (non-hydrogen) atoms. The summed E-state index contributed by atoms with van der Waals surface area (Å²) in [6.07, 6.45) is 4.17. The highest BCUT2D eigenvalue weighted by atomic mass is 127. The van der Waals surface area contributed by atoms with Gasteiger partial charge in [-0.1, -0.05) is 25.1 Å². The summed E-state index contributed by atoms with van der Waals surface area (Å²) in [5.41, 5.74) is 1.38. The molecule has 0 aliphatic rings. The van der Waals surface area contributed by atoms with Crippen molar-refractivity contribution in [1.29, 1.82) is 0 Å². The van der Waals surface area contributed by atoms with Gasteiger partial charge in [0.25, 0.3) is 0 Å². The Balaban J connectivity index is 2.73. The quantitative estimate of drug-likeness (QED) is 0.620. The molecule has 0 saturated heterocycles. The van der Waals surface area contributed by atoms with Crippen LogP contribution in [0.4, 0.5) is 0 Å². The monoisotopic (exact) mass is 315 g/mol. The van der Waals surface area contributed by atoms with Crippen molar-refractivity contribution in [2.75, 3.05) is 6.54 Å². The minimum absolute atomic E-state index is 0.461. The van der Waals surface area contributed by atoms with Crippen molar-refractivity contribution in [3.63, 3.8) is 0 Å². The zero-order valence-corrected chi connectivity index (χ0v) is 11.3. The zero-order valence-electron chi connectivity index (χ0n) is 9.17. The molecule has 0 fully saturated rings. The van der Waals surface area contributed by atoms with Gasteiger partial charge in [-0.05, 0) is 59.7 Å². The molecule has 1 N–H and O–H groups in total. The van der Waals surface area contributed by atoms with Crippen molar-refractivity contribution in [1.82, 2.24) is 5.32 Å². The Labute approximate surface area is 106 Å². The van der Waals surface area contributed by atoms with E-state index in [1.165, 1.54) is 9.13 Å².